The number of hydrogen-bond donors (Lipinski definition) is 0. The summed E-state index contributed by atoms with van der Waals surface area (Å²) in [5, 5.41) is -0.305. The smallest absolute Gasteiger partial charge is 0.128 e. The molecule has 0 saturated carbocycles. The van der Waals surface area contributed by atoms with Crippen LogP contribution in [0.4, 0.5) is 8.78 Å². The number of alkyl halides is 1. The maximum atomic E-state index is 13.5. The van der Waals surface area contributed by atoms with Gasteiger partial charge in [-0.3, -0.25) is 0 Å². The topological polar surface area (TPSA) is 17.8 Å². The van der Waals surface area contributed by atoms with Crippen LogP contribution in [-0.2, 0) is 6.54 Å². The van der Waals surface area contributed by atoms with Crippen molar-refractivity contribution in [1.29, 1.82) is 0 Å². The van der Waals surface area contributed by atoms with Gasteiger partial charge in [-0.1, -0.05) is 12.1 Å². The molecule has 3 rings (SSSR count). The monoisotopic (exact) mass is 306 g/mol. The minimum Gasteiger partial charge on any atom is -0.322 e. The van der Waals surface area contributed by atoms with Crippen molar-refractivity contribution in [2.75, 3.05) is 0 Å². The number of aromatic nitrogens is 2. The van der Waals surface area contributed by atoms with Crippen molar-refractivity contribution in [2.24, 2.45) is 0 Å². The van der Waals surface area contributed by atoms with Gasteiger partial charge < -0.3 is 4.57 Å². The van der Waals surface area contributed by atoms with Gasteiger partial charge in [0.2, 0.25) is 0 Å². The van der Waals surface area contributed by atoms with Crippen LogP contribution in [0.5, 0.6) is 0 Å². The molecule has 5 heteroatoms. The molecule has 1 heterocycles. The normalized spacial score (nSPS) is 12.8. The average molecular weight is 307 g/mol. The van der Waals surface area contributed by atoms with Crippen LogP contribution in [0, 0.1) is 11.6 Å². The largest absolute Gasteiger partial charge is 0.322 e. The Balaban J connectivity index is 2.12. The minimum atomic E-state index is -0.323. The van der Waals surface area contributed by atoms with Crippen molar-refractivity contribution in [3.63, 3.8) is 0 Å². The Hall–Kier alpha value is -1.94. The SMILES string of the molecule is CC(Cl)c1nc2ccc(F)cc2n1Cc1ccc(F)cc1. The third kappa shape index (κ3) is 2.76. The van der Waals surface area contributed by atoms with E-state index in [0.717, 1.165) is 5.56 Å². The molecule has 0 saturated heterocycles. The standard InChI is InChI=1S/C16H13ClF2N2/c1-10(17)16-20-14-7-6-13(19)8-15(14)21(16)9-11-2-4-12(18)5-3-11/h2-8,10H,9H2,1H3. The van der Waals surface area contributed by atoms with Crippen molar-refractivity contribution in [2.45, 2.75) is 18.8 Å². The summed E-state index contributed by atoms with van der Waals surface area (Å²) in [5.41, 5.74) is 2.28. The zero-order valence-electron chi connectivity index (χ0n) is 11.4. The first-order chi connectivity index (χ1) is 10.0. The number of imidazole rings is 1. The van der Waals surface area contributed by atoms with E-state index in [2.05, 4.69) is 4.98 Å². The number of nitrogens with zero attached hydrogens (tertiary/aromatic N) is 2. The summed E-state index contributed by atoms with van der Waals surface area (Å²) >= 11 is 6.17. The van der Waals surface area contributed by atoms with Crippen LogP contribution in [0.3, 0.4) is 0 Å². The first-order valence-electron chi connectivity index (χ1n) is 6.59. The van der Waals surface area contributed by atoms with Crippen LogP contribution in [0.1, 0.15) is 23.7 Å². The first kappa shape index (κ1) is 14.0. The lowest BCUT2D eigenvalue weighted by Crippen LogP contribution is -2.06. The van der Waals surface area contributed by atoms with Crippen molar-refractivity contribution in [1.82, 2.24) is 9.55 Å². The van der Waals surface area contributed by atoms with Crippen molar-refractivity contribution >= 4 is 22.6 Å². The predicted molar refractivity (Wildman–Crippen MR) is 79.5 cm³/mol. The highest BCUT2D eigenvalue weighted by Gasteiger charge is 2.15. The Kier molecular flexibility index (Phi) is 3.64. The summed E-state index contributed by atoms with van der Waals surface area (Å²) in [6.45, 7) is 2.28. The lowest BCUT2D eigenvalue weighted by molar-refractivity contribution is 0.625. The molecule has 3 aromatic rings. The lowest BCUT2D eigenvalue weighted by Gasteiger charge is -2.10. The maximum absolute atomic E-state index is 13.5. The Morgan fingerprint density at radius 1 is 1.10 bits per heavy atom. The Morgan fingerprint density at radius 3 is 2.43 bits per heavy atom. The molecule has 0 aliphatic heterocycles. The highest BCUT2D eigenvalue weighted by atomic mass is 35.5. The van der Waals surface area contributed by atoms with Gasteiger partial charge in [-0.15, -0.1) is 11.6 Å². The van der Waals surface area contributed by atoms with E-state index < -0.39 is 0 Å². The molecule has 0 aliphatic rings. The quantitative estimate of drug-likeness (QED) is 0.643. The van der Waals surface area contributed by atoms with Crippen LogP contribution in [0.25, 0.3) is 11.0 Å². The summed E-state index contributed by atoms with van der Waals surface area (Å²) in [5.74, 6) is 0.0596. The number of benzene rings is 2. The Morgan fingerprint density at radius 2 is 1.76 bits per heavy atom. The molecule has 1 unspecified atom stereocenters. The zero-order chi connectivity index (χ0) is 15.0. The fraction of sp³-hybridized carbons (Fsp3) is 0.188. The van der Waals surface area contributed by atoms with Gasteiger partial charge in [0.15, 0.2) is 0 Å². The van der Waals surface area contributed by atoms with Gasteiger partial charge in [0.05, 0.1) is 16.4 Å². The predicted octanol–water partition coefficient (Wildman–Crippen LogP) is 4.66. The molecule has 0 aliphatic carbocycles. The van der Waals surface area contributed by atoms with E-state index in [1.165, 1.54) is 24.3 Å². The fourth-order valence-electron chi connectivity index (χ4n) is 2.36. The second kappa shape index (κ2) is 5.45. The van der Waals surface area contributed by atoms with Crippen molar-refractivity contribution < 1.29 is 8.78 Å². The van der Waals surface area contributed by atoms with Gasteiger partial charge in [-0.05, 0) is 42.8 Å². The second-order valence-electron chi connectivity index (χ2n) is 4.93. The average Bonchev–Trinajstić information content (AvgIpc) is 2.80. The third-order valence-corrected chi connectivity index (χ3v) is 3.54. The molecule has 0 bridgehead atoms. The number of rotatable bonds is 3. The van der Waals surface area contributed by atoms with Crippen LogP contribution in [0.2, 0.25) is 0 Å². The summed E-state index contributed by atoms with van der Waals surface area (Å²) in [6.07, 6.45) is 0. The number of halogens is 3. The molecule has 1 aromatic heterocycles. The van der Waals surface area contributed by atoms with E-state index in [9.17, 15) is 8.78 Å². The van der Waals surface area contributed by atoms with Crippen LogP contribution in [-0.4, -0.2) is 9.55 Å². The highest BCUT2D eigenvalue weighted by molar-refractivity contribution is 6.20. The molecule has 108 valence electrons. The van der Waals surface area contributed by atoms with E-state index in [4.69, 9.17) is 11.6 Å². The number of fused-ring (bicyclic) bond motifs is 1. The van der Waals surface area contributed by atoms with Gasteiger partial charge >= 0.3 is 0 Å². The van der Waals surface area contributed by atoms with Crippen molar-refractivity contribution in [3.05, 3.63) is 65.5 Å². The summed E-state index contributed by atoms with van der Waals surface area (Å²) < 4.78 is 28.3. The van der Waals surface area contributed by atoms with Crippen LogP contribution < -0.4 is 0 Å². The molecule has 21 heavy (non-hydrogen) atoms. The molecule has 0 amide bonds. The molecule has 0 N–H and O–H groups in total. The lowest BCUT2D eigenvalue weighted by atomic mass is 10.2. The number of hydrogen-bond acceptors (Lipinski definition) is 1. The van der Waals surface area contributed by atoms with Gasteiger partial charge in [0.25, 0.3) is 0 Å². The second-order valence-corrected chi connectivity index (χ2v) is 5.59. The van der Waals surface area contributed by atoms with E-state index in [0.29, 0.717) is 23.4 Å². The maximum Gasteiger partial charge on any atom is 0.128 e. The summed E-state index contributed by atoms with van der Waals surface area (Å²) in [6, 6.07) is 10.6. The van der Waals surface area contributed by atoms with Gasteiger partial charge in [0, 0.05) is 6.54 Å². The minimum absolute atomic E-state index is 0.286. The molecule has 2 nitrogen and oxygen atoms in total. The van der Waals surface area contributed by atoms with Crippen molar-refractivity contribution in [3.8, 4) is 0 Å². The summed E-state index contributed by atoms with van der Waals surface area (Å²) in [4.78, 5) is 4.46. The zero-order valence-corrected chi connectivity index (χ0v) is 12.1. The molecule has 0 spiro atoms. The van der Waals surface area contributed by atoms with E-state index in [1.807, 2.05) is 11.5 Å². The summed E-state index contributed by atoms with van der Waals surface area (Å²) in [7, 11) is 0. The molecule has 2 aromatic carbocycles. The third-order valence-electron chi connectivity index (χ3n) is 3.35. The van der Waals surface area contributed by atoms with Gasteiger partial charge in [-0.2, -0.15) is 0 Å². The van der Waals surface area contributed by atoms with E-state index in [1.54, 1.807) is 18.2 Å². The van der Waals surface area contributed by atoms with Gasteiger partial charge in [0.1, 0.15) is 17.5 Å². The first-order valence-corrected chi connectivity index (χ1v) is 7.02. The molecule has 1 atom stereocenters. The van der Waals surface area contributed by atoms with E-state index >= 15 is 0 Å². The molecular weight excluding hydrogens is 294 g/mol. The Bertz CT molecular complexity index is 779. The fourth-order valence-corrected chi connectivity index (χ4v) is 2.52. The van der Waals surface area contributed by atoms with Crippen LogP contribution in [0.15, 0.2) is 42.5 Å². The molecule has 0 fully saturated rings. The van der Waals surface area contributed by atoms with Crippen LogP contribution >= 0.6 is 11.6 Å². The molecule has 0 radical (unpaired) electrons. The highest BCUT2D eigenvalue weighted by Crippen LogP contribution is 2.26. The van der Waals surface area contributed by atoms with Gasteiger partial charge in [-0.25, -0.2) is 13.8 Å². The van der Waals surface area contributed by atoms with E-state index in [-0.39, 0.29) is 17.0 Å². The molecular formula is C16H13ClF2N2. The Labute approximate surface area is 126 Å².